The molecule has 0 spiro atoms. The van der Waals surface area contributed by atoms with Gasteiger partial charge in [0.25, 0.3) is 0 Å². The van der Waals surface area contributed by atoms with E-state index in [1.807, 2.05) is 18.2 Å². The number of hydrogen-bond acceptors (Lipinski definition) is 2. The van der Waals surface area contributed by atoms with Crippen molar-refractivity contribution in [2.24, 2.45) is 5.92 Å². The van der Waals surface area contributed by atoms with Crippen LogP contribution in [-0.4, -0.2) is 18.0 Å². The number of hydrogen-bond donors (Lipinski definition) is 0. The van der Waals surface area contributed by atoms with Crippen LogP contribution in [0.1, 0.15) is 69.4 Å². The Labute approximate surface area is 181 Å². The van der Waals surface area contributed by atoms with Crippen molar-refractivity contribution in [1.82, 2.24) is 4.90 Å². The highest BCUT2D eigenvalue weighted by Crippen LogP contribution is 2.44. The number of rotatable bonds is 10. The summed E-state index contributed by atoms with van der Waals surface area (Å²) in [7, 11) is 0. The van der Waals surface area contributed by atoms with Gasteiger partial charge in [0, 0.05) is 12.1 Å². The fourth-order valence-electron chi connectivity index (χ4n) is 5.19. The Morgan fingerprint density at radius 3 is 2.37 bits per heavy atom. The van der Waals surface area contributed by atoms with Crippen LogP contribution in [0.25, 0.3) is 0 Å². The van der Waals surface area contributed by atoms with E-state index in [9.17, 15) is 9.65 Å². The molecule has 3 heteroatoms. The lowest BCUT2D eigenvalue weighted by atomic mass is 9.63. The first-order valence-corrected chi connectivity index (χ1v) is 11.6. The lowest BCUT2D eigenvalue weighted by molar-refractivity contribution is 0.208. The first-order valence-electron chi connectivity index (χ1n) is 11.6. The van der Waals surface area contributed by atoms with Crippen molar-refractivity contribution in [2.75, 3.05) is 13.1 Å². The fraction of sp³-hybridized carbons (Fsp3) is 0.519. The predicted octanol–water partition coefficient (Wildman–Crippen LogP) is 6.86. The SMILES string of the molecule is CCCN(CCCC(C#N)(c1ccccc1F)C1CCCCC1)Cc1ccccc1. The number of nitrogens with zero attached hydrogens (tertiary/aromatic N) is 2. The third-order valence-electron chi connectivity index (χ3n) is 6.69. The molecule has 2 aromatic carbocycles. The van der Waals surface area contributed by atoms with E-state index in [0.717, 1.165) is 64.6 Å². The smallest absolute Gasteiger partial charge is 0.128 e. The van der Waals surface area contributed by atoms with Crippen LogP contribution in [0.3, 0.4) is 0 Å². The highest BCUT2D eigenvalue weighted by atomic mass is 19.1. The molecule has 1 aliphatic rings. The van der Waals surface area contributed by atoms with E-state index in [-0.39, 0.29) is 11.7 Å². The first kappa shape index (κ1) is 22.5. The van der Waals surface area contributed by atoms with Gasteiger partial charge in [0.2, 0.25) is 0 Å². The quantitative estimate of drug-likeness (QED) is 0.431. The second kappa shape index (κ2) is 11.3. The van der Waals surface area contributed by atoms with Crippen molar-refractivity contribution in [3.05, 3.63) is 71.5 Å². The van der Waals surface area contributed by atoms with Gasteiger partial charge in [-0.1, -0.05) is 74.7 Å². The summed E-state index contributed by atoms with van der Waals surface area (Å²) in [4.78, 5) is 2.47. The van der Waals surface area contributed by atoms with Gasteiger partial charge in [-0.25, -0.2) is 4.39 Å². The van der Waals surface area contributed by atoms with Gasteiger partial charge in [-0.3, -0.25) is 4.90 Å². The van der Waals surface area contributed by atoms with E-state index in [1.165, 1.54) is 18.1 Å². The molecule has 0 heterocycles. The van der Waals surface area contributed by atoms with Gasteiger partial charge in [0.05, 0.1) is 11.5 Å². The summed E-state index contributed by atoms with van der Waals surface area (Å²) in [6, 6.07) is 20.2. The van der Waals surface area contributed by atoms with Crippen molar-refractivity contribution >= 4 is 0 Å². The van der Waals surface area contributed by atoms with Crippen molar-refractivity contribution in [1.29, 1.82) is 5.26 Å². The molecule has 2 nitrogen and oxygen atoms in total. The highest BCUT2D eigenvalue weighted by Gasteiger charge is 2.42. The normalized spacial score (nSPS) is 16.9. The monoisotopic (exact) mass is 406 g/mol. The van der Waals surface area contributed by atoms with Crippen LogP contribution in [0, 0.1) is 23.1 Å². The molecule has 0 saturated heterocycles. The number of nitriles is 1. The Morgan fingerprint density at radius 2 is 1.70 bits per heavy atom. The molecule has 1 atom stereocenters. The maximum atomic E-state index is 14.9. The lowest BCUT2D eigenvalue weighted by Gasteiger charge is -2.38. The third kappa shape index (κ3) is 5.49. The topological polar surface area (TPSA) is 27.0 Å². The molecule has 0 aliphatic heterocycles. The molecule has 1 aliphatic carbocycles. The molecule has 2 aromatic rings. The average molecular weight is 407 g/mol. The molecule has 1 fully saturated rings. The van der Waals surface area contributed by atoms with Gasteiger partial charge >= 0.3 is 0 Å². The van der Waals surface area contributed by atoms with Crippen molar-refractivity contribution < 1.29 is 4.39 Å². The largest absolute Gasteiger partial charge is 0.299 e. The van der Waals surface area contributed by atoms with Crippen LogP contribution < -0.4 is 0 Å². The summed E-state index contributed by atoms with van der Waals surface area (Å²) in [5.41, 5.74) is 1.22. The van der Waals surface area contributed by atoms with Gasteiger partial charge < -0.3 is 0 Å². The van der Waals surface area contributed by atoms with Crippen molar-refractivity contribution in [2.45, 2.75) is 70.3 Å². The van der Waals surface area contributed by atoms with Gasteiger partial charge in [-0.2, -0.15) is 5.26 Å². The van der Waals surface area contributed by atoms with Crippen molar-refractivity contribution in [3.63, 3.8) is 0 Å². The molecule has 0 radical (unpaired) electrons. The first-order chi connectivity index (χ1) is 14.7. The molecular weight excluding hydrogens is 371 g/mol. The van der Waals surface area contributed by atoms with Gasteiger partial charge in [-0.15, -0.1) is 0 Å². The van der Waals surface area contributed by atoms with Crippen LogP contribution in [-0.2, 0) is 12.0 Å². The van der Waals surface area contributed by atoms with Gasteiger partial charge in [0.1, 0.15) is 5.82 Å². The maximum Gasteiger partial charge on any atom is 0.128 e. The lowest BCUT2D eigenvalue weighted by Crippen LogP contribution is -2.37. The molecule has 0 bridgehead atoms. The Bertz CT molecular complexity index is 807. The van der Waals surface area contributed by atoms with E-state index in [1.54, 1.807) is 6.07 Å². The van der Waals surface area contributed by atoms with E-state index in [0.29, 0.717) is 5.56 Å². The van der Waals surface area contributed by atoms with Gasteiger partial charge in [0.15, 0.2) is 0 Å². The molecule has 30 heavy (non-hydrogen) atoms. The molecular formula is C27H35FN2. The van der Waals surface area contributed by atoms with Gasteiger partial charge in [-0.05, 0) is 62.7 Å². The average Bonchev–Trinajstić information content (AvgIpc) is 2.79. The summed E-state index contributed by atoms with van der Waals surface area (Å²) in [6.07, 6.45) is 8.34. The minimum Gasteiger partial charge on any atom is -0.299 e. The zero-order valence-corrected chi connectivity index (χ0v) is 18.3. The molecule has 0 N–H and O–H groups in total. The van der Waals surface area contributed by atoms with Crippen LogP contribution in [0.4, 0.5) is 4.39 Å². The number of halogens is 1. The summed E-state index contributed by atoms with van der Waals surface area (Å²) in [5.74, 6) is 0.0289. The summed E-state index contributed by atoms with van der Waals surface area (Å²) in [6.45, 7) is 5.11. The summed E-state index contributed by atoms with van der Waals surface area (Å²) < 4.78 is 14.9. The standard InChI is InChI=1S/C27H35FN2/c1-2-19-30(21-23-12-5-3-6-13-23)20-11-18-27(22-29,24-14-7-4-8-15-24)25-16-9-10-17-26(25)28/h3,5-6,9-10,12-13,16-17,24H,2,4,7-8,11,14-15,18-21H2,1H3. The molecule has 1 unspecified atom stereocenters. The highest BCUT2D eigenvalue weighted by molar-refractivity contribution is 5.35. The Morgan fingerprint density at radius 1 is 1.00 bits per heavy atom. The minimum atomic E-state index is -0.712. The third-order valence-corrected chi connectivity index (χ3v) is 6.69. The minimum absolute atomic E-state index is 0.223. The fourth-order valence-corrected chi connectivity index (χ4v) is 5.19. The Kier molecular flexibility index (Phi) is 8.46. The summed E-state index contributed by atoms with van der Waals surface area (Å²) in [5, 5.41) is 10.4. The Hall–Kier alpha value is -2.18. The van der Waals surface area contributed by atoms with Crippen molar-refractivity contribution in [3.8, 4) is 6.07 Å². The maximum absolute atomic E-state index is 14.9. The van der Waals surface area contributed by atoms with Crippen LogP contribution >= 0.6 is 0 Å². The molecule has 3 rings (SSSR count). The van der Waals surface area contributed by atoms with E-state index in [4.69, 9.17) is 0 Å². The van der Waals surface area contributed by atoms with E-state index >= 15 is 0 Å². The summed E-state index contributed by atoms with van der Waals surface area (Å²) >= 11 is 0. The second-order valence-corrected chi connectivity index (χ2v) is 8.76. The molecule has 1 saturated carbocycles. The van der Waals surface area contributed by atoms with Crippen LogP contribution in [0.5, 0.6) is 0 Å². The molecule has 0 amide bonds. The Balaban J connectivity index is 1.75. The van der Waals surface area contributed by atoms with Crippen LogP contribution in [0.2, 0.25) is 0 Å². The molecule has 160 valence electrons. The predicted molar refractivity (Wildman–Crippen MR) is 122 cm³/mol. The van der Waals surface area contributed by atoms with E-state index < -0.39 is 5.41 Å². The molecule has 0 aromatic heterocycles. The van der Waals surface area contributed by atoms with Crippen LogP contribution in [0.15, 0.2) is 54.6 Å². The zero-order valence-electron chi connectivity index (χ0n) is 18.3. The second-order valence-electron chi connectivity index (χ2n) is 8.76. The number of benzene rings is 2. The zero-order chi connectivity index (χ0) is 21.2. The van der Waals surface area contributed by atoms with E-state index in [2.05, 4.69) is 42.2 Å².